The summed E-state index contributed by atoms with van der Waals surface area (Å²) < 4.78 is 27.4. The van der Waals surface area contributed by atoms with Crippen LogP contribution in [0, 0.1) is 6.92 Å². The van der Waals surface area contributed by atoms with Gasteiger partial charge in [0.2, 0.25) is 15.9 Å². The van der Waals surface area contributed by atoms with Gasteiger partial charge >= 0.3 is 0 Å². The summed E-state index contributed by atoms with van der Waals surface area (Å²) in [5, 5.41) is 0. The fourth-order valence-corrected chi connectivity index (χ4v) is 7.20. The van der Waals surface area contributed by atoms with E-state index >= 15 is 0 Å². The highest BCUT2D eigenvalue weighted by molar-refractivity contribution is 7.91. The first kappa shape index (κ1) is 24.5. The summed E-state index contributed by atoms with van der Waals surface area (Å²) in [6.45, 7) is 7.06. The van der Waals surface area contributed by atoms with Gasteiger partial charge < -0.3 is 15.5 Å². The number of nitrogens with zero attached hydrogens (tertiary/aromatic N) is 3. The number of hydrogen-bond acceptors (Lipinski definition) is 5. The van der Waals surface area contributed by atoms with Gasteiger partial charge in [-0.05, 0) is 56.0 Å². The predicted octanol–water partition coefficient (Wildman–Crippen LogP) is 2.92. The minimum absolute atomic E-state index is 0.206. The van der Waals surface area contributed by atoms with Crippen molar-refractivity contribution in [2.24, 2.45) is 5.73 Å². The van der Waals surface area contributed by atoms with E-state index in [1.54, 1.807) is 0 Å². The molecule has 184 valence electrons. The number of rotatable bonds is 7. The second-order valence-corrected chi connectivity index (χ2v) is 11.7. The van der Waals surface area contributed by atoms with Crippen LogP contribution in [0.15, 0.2) is 48.5 Å². The van der Waals surface area contributed by atoms with E-state index in [1.807, 2.05) is 31.2 Å². The van der Waals surface area contributed by atoms with Gasteiger partial charge in [0.1, 0.15) is 0 Å². The average Bonchev–Trinajstić information content (AvgIpc) is 2.85. The first-order valence-corrected chi connectivity index (χ1v) is 13.7. The smallest absolute Gasteiger partial charge is 0.240 e. The molecule has 0 atom stereocenters. The van der Waals surface area contributed by atoms with Crippen molar-refractivity contribution in [3.05, 3.63) is 59.7 Å². The van der Waals surface area contributed by atoms with Crippen LogP contribution < -0.4 is 15.5 Å². The highest BCUT2D eigenvalue weighted by Gasteiger charge is 2.54. The Labute approximate surface area is 203 Å². The number of sulfonamides is 1. The number of amides is 1. The molecular weight excluding hydrogens is 448 g/mol. The monoisotopic (exact) mass is 484 g/mol. The number of hydrogen-bond donors (Lipinski definition) is 1. The summed E-state index contributed by atoms with van der Waals surface area (Å²) in [5.41, 5.74) is 10.4. The molecule has 0 spiro atoms. The summed E-state index contributed by atoms with van der Waals surface area (Å²) in [7, 11) is -3.87. The number of nitrogens with two attached hydrogens (primary N) is 1. The highest BCUT2D eigenvalue weighted by Crippen LogP contribution is 2.35. The molecular formula is C26H36N4O3S. The van der Waals surface area contributed by atoms with Gasteiger partial charge in [-0.25, -0.2) is 8.42 Å². The Morgan fingerprint density at radius 1 is 0.853 bits per heavy atom. The van der Waals surface area contributed by atoms with Gasteiger partial charge in [-0.2, -0.15) is 4.31 Å². The standard InChI is InChI=1S/C26H36N4O3S/c1-3-4-22-7-11-24(12-8-22)29-17-19-30(20-18-29)34(32,33)26(25(27)31)13-15-28(16-14-26)23-9-5-21(2)6-10-23/h5-12H,3-4,13-20H2,1-2H3,(H2,27,31). The number of benzene rings is 2. The van der Waals surface area contributed by atoms with Crippen LogP contribution in [-0.2, 0) is 21.2 Å². The van der Waals surface area contributed by atoms with Crippen LogP contribution in [0.1, 0.15) is 37.3 Å². The van der Waals surface area contributed by atoms with Gasteiger partial charge in [-0.3, -0.25) is 4.79 Å². The Hall–Kier alpha value is -2.58. The summed E-state index contributed by atoms with van der Waals surface area (Å²) in [6.07, 6.45) is 2.58. The molecule has 2 heterocycles. The van der Waals surface area contributed by atoms with Crippen molar-refractivity contribution in [2.45, 2.75) is 44.3 Å². The molecule has 2 aliphatic heterocycles. The fraction of sp³-hybridized carbons (Fsp3) is 0.500. The highest BCUT2D eigenvalue weighted by atomic mass is 32.2. The van der Waals surface area contributed by atoms with Gasteiger partial charge in [-0.1, -0.05) is 43.2 Å². The Bertz CT molecular complexity index is 1080. The Kier molecular flexibility index (Phi) is 7.19. The van der Waals surface area contributed by atoms with Crippen molar-refractivity contribution in [3.63, 3.8) is 0 Å². The second-order valence-electron chi connectivity index (χ2n) is 9.49. The molecule has 0 bridgehead atoms. The lowest BCUT2D eigenvalue weighted by atomic mass is 9.94. The number of piperazine rings is 1. The Balaban J connectivity index is 1.43. The van der Waals surface area contributed by atoms with Gasteiger partial charge in [0.15, 0.2) is 4.75 Å². The molecule has 2 aromatic carbocycles. The molecule has 7 nitrogen and oxygen atoms in total. The normalized spacial score (nSPS) is 19.2. The molecule has 2 saturated heterocycles. The average molecular weight is 485 g/mol. The van der Waals surface area contributed by atoms with Crippen molar-refractivity contribution < 1.29 is 13.2 Å². The van der Waals surface area contributed by atoms with Crippen molar-refractivity contribution in [1.82, 2.24) is 4.31 Å². The molecule has 2 aliphatic rings. The molecule has 0 aliphatic carbocycles. The third kappa shape index (κ3) is 4.66. The largest absolute Gasteiger partial charge is 0.371 e. The van der Waals surface area contributed by atoms with E-state index in [9.17, 15) is 13.2 Å². The maximum atomic E-state index is 13.7. The van der Waals surface area contributed by atoms with Gasteiger partial charge in [-0.15, -0.1) is 0 Å². The van der Waals surface area contributed by atoms with Crippen molar-refractivity contribution >= 4 is 27.3 Å². The van der Waals surface area contributed by atoms with Gasteiger partial charge in [0.05, 0.1) is 0 Å². The van der Waals surface area contributed by atoms with Gasteiger partial charge in [0.25, 0.3) is 0 Å². The van der Waals surface area contributed by atoms with Crippen LogP contribution in [0.25, 0.3) is 0 Å². The third-order valence-corrected chi connectivity index (χ3v) is 9.97. The van der Waals surface area contributed by atoms with Crippen LogP contribution in [0.4, 0.5) is 11.4 Å². The Morgan fingerprint density at radius 2 is 1.35 bits per heavy atom. The maximum Gasteiger partial charge on any atom is 0.240 e. The van der Waals surface area contributed by atoms with Crippen LogP contribution in [0.5, 0.6) is 0 Å². The lowest BCUT2D eigenvalue weighted by Crippen LogP contribution is -2.63. The molecule has 2 aromatic rings. The van der Waals surface area contributed by atoms with Crippen molar-refractivity contribution in [1.29, 1.82) is 0 Å². The van der Waals surface area contributed by atoms with E-state index in [0.29, 0.717) is 39.3 Å². The van der Waals surface area contributed by atoms with E-state index in [2.05, 4.69) is 41.0 Å². The molecule has 0 aromatic heterocycles. The number of primary amides is 1. The summed E-state index contributed by atoms with van der Waals surface area (Å²) in [6, 6.07) is 16.7. The lowest BCUT2D eigenvalue weighted by Gasteiger charge is -2.44. The summed E-state index contributed by atoms with van der Waals surface area (Å²) in [5.74, 6) is -0.731. The van der Waals surface area contributed by atoms with Crippen molar-refractivity contribution in [2.75, 3.05) is 49.1 Å². The van der Waals surface area contributed by atoms with Crippen LogP contribution in [0.2, 0.25) is 0 Å². The molecule has 1 amide bonds. The molecule has 34 heavy (non-hydrogen) atoms. The topological polar surface area (TPSA) is 87.0 Å². The zero-order valence-electron chi connectivity index (χ0n) is 20.2. The van der Waals surface area contributed by atoms with Crippen LogP contribution >= 0.6 is 0 Å². The molecule has 0 saturated carbocycles. The zero-order valence-corrected chi connectivity index (χ0v) is 21.1. The Morgan fingerprint density at radius 3 is 1.85 bits per heavy atom. The SMILES string of the molecule is CCCc1ccc(N2CCN(S(=O)(=O)C3(C(N)=O)CCN(c4ccc(C)cc4)CC3)CC2)cc1. The van der Waals surface area contributed by atoms with Crippen LogP contribution in [0.3, 0.4) is 0 Å². The second kappa shape index (κ2) is 9.96. The predicted molar refractivity (Wildman–Crippen MR) is 138 cm³/mol. The zero-order chi connectivity index (χ0) is 24.3. The molecule has 2 N–H and O–H groups in total. The number of piperidine rings is 1. The van der Waals surface area contributed by atoms with E-state index in [4.69, 9.17) is 5.73 Å². The summed E-state index contributed by atoms with van der Waals surface area (Å²) in [4.78, 5) is 17.0. The number of anilines is 2. The molecule has 8 heteroatoms. The number of carbonyl (C=O) groups is 1. The lowest BCUT2D eigenvalue weighted by molar-refractivity contribution is -0.121. The van der Waals surface area contributed by atoms with E-state index in [-0.39, 0.29) is 12.8 Å². The summed E-state index contributed by atoms with van der Waals surface area (Å²) >= 11 is 0. The number of aryl methyl sites for hydroxylation is 2. The van der Waals surface area contributed by atoms with E-state index in [0.717, 1.165) is 24.2 Å². The molecule has 0 unspecified atom stereocenters. The molecule has 0 radical (unpaired) electrons. The quantitative estimate of drug-likeness (QED) is 0.653. The minimum Gasteiger partial charge on any atom is -0.371 e. The first-order chi connectivity index (χ1) is 16.3. The molecule has 4 rings (SSSR count). The van der Waals surface area contributed by atoms with Crippen LogP contribution in [-0.4, -0.2) is 62.6 Å². The fourth-order valence-electron chi connectivity index (χ4n) is 5.11. The molecule has 2 fully saturated rings. The first-order valence-electron chi connectivity index (χ1n) is 12.2. The number of carbonyl (C=O) groups excluding carboxylic acids is 1. The minimum atomic E-state index is -3.87. The van der Waals surface area contributed by atoms with E-state index < -0.39 is 20.7 Å². The maximum absolute atomic E-state index is 13.7. The van der Waals surface area contributed by atoms with E-state index in [1.165, 1.54) is 15.4 Å². The van der Waals surface area contributed by atoms with Crippen molar-refractivity contribution in [3.8, 4) is 0 Å². The van der Waals surface area contributed by atoms with Gasteiger partial charge in [0, 0.05) is 50.6 Å². The third-order valence-electron chi connectivity index (χ3n) is 7.33.